The van der Waals surface area contributed by atoms with Gasteiger partial charge in [0, 0.05) is 9.37 Å². The molecule has 0 bridgehead atoms. The van der Waals surface area contributed by atoms with E-state index in [1.54, 1.807) is 32.4 Å². The summed E-state index contributed by atoms with van der Waals surface area (Å²) in [5, 5.41) is 0. The quantitative estimate of drug-likeness (QED) is 0.532. The molecule has 72 valence electrons. The van der Waals surface area contributed by atoms with Gasteiger partial charge in [0.1, 0.15) is 3.82 Å². The second kappa shape index (κ2) is 4.90. The lowest BCUT2D eigenvalue weighted by molar-refractivity contribution is 1.44. The van der Waals surface area contributed by atoms with Gasteiger partial charge >= 0.3 is 0 Å². The highest BCUT2D eigenvalue weighted by atomic mass is 79.9. The van der Waals surface area contributed by atoms with Gasteiger partial charge in [-0.1, -0.05) is 60.6 Å². The third kappa shape index (κ3) is 2.90. The predicted molar refractivity (Wildman–Crippen MR) is 71.3 cm³/mol. The summed E-state index contributed by atoms with van der Waals surface area (Å²) in [6.45, 7) is 0. The molecule has 0 nitrogen and oxygen atoms in total. The van der Waals surface area contributed by atoms with E-state index >= 15 is 0 Å². The lowest BCUT2D eigenvalue weighted by atomic mass is 10.4. The average molecular weight is 321 g/mol. The zero-order valence-electron chi connectivity index (χ0n) is 6.90. The Bertz CT molecular complexity index is 468. The normalized spacial score (nSPS) is 10.4. The van der Waals surface area contributed by atoms with Crippen molar-refractivity contribution in [2.75, 3.05) is 0 Å². The first-order chi connectivity index (χ1) is 6.74. The molecule has 0 unspecified atom stereocenters. The van der Waals surface area contributed by atoms with Crippen molar-refractivity contribution in [1.29, 1.82) is 0 Å². The van der Waals surface area contributed by atoms with E-state index in [9.17, 15) is 0 Å². The molecule has 2 rings (SSSR count). The molecule has 1 heterocycles. The number of benzene rings is 1. The number of hydrogen-bond donors (Lipinski definition) is 0. The van der Waals surface area contributed by atoms with Crippen molar-refractivity contribution in [2.45, 2.75) is 9.10 Å². The van der Waals surface area contributed by atoms with Crippen LogP contribution in [0.15, 0.2) is 43.9 Å². The Morgan fingerprint density at radius 1 is 1.14 bits per heavy atom. The minimum absolute atomic E-state index is 0.967. The molecule has 0 amide bonds. The lowest BCUT2D eigenvalue weighted by Gasteiger charge is -1.97. The van der Waals surface area contributed by atoms with Gasteiger partial charge in [-0.15, -0.1) is 0 Å². The Kier molecular flexibility index (Phi) is 3.79. The summed E-state index contributed by atoms with van der Waals surface area (Å²) < 4.78 is 3.34. The van der Waals surface area contributed by atoms with E-state index in [0.29, 0.717) is 0 Å². The maximum Gasteiger partial charge on any atom is 0.103 e. The molecule has 5 heteroatoms. The molecular formula is C9H5BrS4. The monoisotopic (exact) mass is 320 g/mol. The van der Waals surface area contributed by atoms with Crippen LogP contribution in [0.3, 0.4) is 0 Å². The van der Waals surface area contributed by atoms with Crippen molar-refractivity contribution in [3.05, 3.63) is 38.6 Å². The van der Waals surface area contributed by atoms with Gasteiger partial charge in [0.05, 0.1) is 4.21 Å². The van der Waals surface area contributed by atoms with Crippen LogP contribution < -0.4 is 0 Å². The first kappa shape index (κ1) is 10.8. The molecule has 0 N–H and O–H groups in total. The maximum atomic E-state index is 5.08. The van der Waals surface area contributed by atoms with E-state index in [-0.39, 0.29) is 0 Å². The topological polar surface area (TPSA) is 0 Å². The third-order valence-electron chi connectivity index (χ3n) is 1.47. The van der Waals surface area contributed by atoms with Crippen molar-refractivity contribution in [1.82, 2.24) is 0 Å². The number of hydrogen-bond acceptors (Lipinski definition) is 4. The van der Waals surface area contributed by atoms with Crippen LogP contribution in [0.4, 0.5) is 0 Å². The Balaban J connectivity index is 2.19. The van der Waals surface area contributed by atoms with Gasteiger partial charge in [-0.2, -0.15) is 0 Å². The molecule has 14 heavy (non-hydrogen) atoms. The molecule has 0 saturated carbocycles. The molecule has 0 saturated heterocycles. The van der Waals surface area contributed by atoms with Gasteiger partial charge in [-0.05, 0) is 30.3 Å². The van der Waals surface area contributed by atoms with Gasteiger partial charge < -0.3 is 0 Å². The molecule has 0 aliphatic heterocycles. The fourth-order valence-electron chi connectivity index (χ4n) is 0.892. The van der Waals surface area contributed by atoms with Gasteiger partial charge in [-0.25, -0.2) is 0 Å². The van der Waals surface area contributed by atoms with Crippen LogP contribution in [-0.2, 0) is 0 Å². The molecule has 0 fully saturated rings. The minimum Gasteiger partial charge on any atom is -0.0782 e. The zero-order chi connectivity index (χ0) is 9.97. The Morgan fingerprint density at radius 3 is 2.43 bits per heavy atom. The molecular weight excluding hydrogens is 316 g/mol. The van der Waals surface area contributed by atoms with Crippen LogP contribution in [0.25, 0.3) is 0 Å². The summed E-state index contributed by atoms with van der Waals surface area (Å²) in [5.74, 6) is 0. The molecule has 0 aliphatic rings. The first-order valence-electron chi connectivity index (χ1n) is 3.77. The molecule has 0 aliphatic carbocycles. The maximum absolute atomic E-state index is 5.08. The van der Waals surface area contributed by atoms with Crippen molar-refractivity contribution in [3.63, 3.8) is 0 Å². The molecule has 0 atom stereocenters. The summed E-state index contributed by atoms with van der Waals surface area (Å²) in [5.41, 5.74) is 0. The van der Waals surface area contributed by atoms with E-state index in [4.69, 9.17) is 12.2 Å². The van der Waals surface area contributed by atoms with Crippen molar-refractivity contribution >= 4 is 60.6 Å². The van der Waals surface area contributed by atoms with Crippen LogP contribution in [0.5, 0.6) is 0 Å². The van der Waals surface area contributed by atoms with E-state index < -0.39 is 0 Å². The van der Waals surface area contributed by atoms with Gasteiger partial charge in [0.25, 0.3) is 0 Å². The molecule has 0 radical (unpaired) electrons. The largest absolute Gasteiger partial charge is 0.103 e. The van der Waals surface area contributed by atoms with E-state index in [2.05, 4.69) is 34.1 Å². The fraction of sp³-hybridized carbons (Fsp3) is 0. The Morgan fingerprint density at radius 2 is 1.86 bits per heavy atom. The van der Waals surface area contributed by atoms with Gasteiger partial charge in [0.2, 0.25) is 0 Å². The summed E-state index contributed by atoms with van der Waals surface area (Å²) in [6.07, 6.45) is 0. The van der Waals surface area contributed by atoms with Gasteiger partial charge in [0.15, 0.2) is 0 Å². The first-order valence-corrected chi connectivity index (χ1v) is 7.94. The standard InChI is InChI=1S/C9H5BrS4/c10-6-1-3-7(4-2-6)12-9-5-8(11)13-14-9/h1-5H. The SMILES string of the molecule is S=c1cc(Sc2ccc(Br)cc2)ss1. The molecule has 1 aromatic heterocycles. The highest BCUT2D eigenvalue weighted by Crippen LogP contribution is 2.34. The summed E-state index contributed by atoms with van der Waals surface area (Å²) in [6, 6.07) is 10.4. The van der Waals surface area contributed by atoms with Crippen LogP contribution in [0, 0.1) is 3.82 Å². The van der Waals surface area contributed by atoms with Crippen LogP contribution in [0.2, 0.25) is 0 Å². The third-order valence-corrected chi connectivity index (χ3v) is 6.31. The van der Waals surface area contributed by atoms with Crippen molar-refractivity contribution < 1.29 is 0 Å². The molecule has 1 aromatic carbocycles. The summed E-state index contributed by atoms with van der Waals surface area (Å²) >= 11 is 10.3. The second-order valence-corrected chi connectivity index (χ2v) is 7.71. The Hall–Kier alpha value is 0.320. The van der Waals surface area contributed by atoms with Gasteiger partial charge in [-0.3, -0.25) is 0 Å². The number of halogens is 1. The highest BCUT2D eigenvalue weighted by Gasteiger charge is 1.99. The minimum atomic E-state index is 0.967. The smallest absolute Gasteiger partial charge is 0.0782 e. The molecule has 0 spiro atoms. The highest BCUT2D eigenvalue weighted by molar-refractivity contribution is 9.10. The van der Waals surface area contributed by atoms with Crippen LogP contribution >= 0.6 is 60.6 Å². The second-order valence-electron chi connectivity index (χ2n) is 2.51. The fourth-order valence-corrected chi connectivity index (χ4v) is 4.87. The van der Waals surface area contributed by atoms with Crippen LogP contribution in [-0.4, -0.2) is 0 Å². The van der Waals surface area contributed by atoms with Crippen molar-refractivity contribution in [2.24, 2.45) is 0 Å². The predicted octanol–water partition coefficient (Wildman–Crippen LogP) is 5.45. The van der Waals surface area contributed by atoms with E-state index in [1.807, 2.05) is 12.1 Å². The average Bonchev–Trinajstić information content (AvgIpc) is 2.56. The number of rotatable bonds is 2. The summed E-state index contributed by atoms with van der Waals surface area (Å²) in [7, 11) is 3.39. The molecule has 2 aromatic rings. The van der Waals surface area contributed by atoms with E-state index in [0.717, 1.165) is 8.30 Å². The van der Waals surface area contributed by atoms with E-state index in [1.165, 1.54) is 9.10 Å². The summed E-state index contributed by atoms with van der Waals surface area (Å²) in [4.78, 5) is 1.25. The van der Waals surface area contributed by atoms with Crippen molar-refractivity contribution in [3.8, 4) is 0 Å². The zero-order valence-corrected chi connectivity index (χ0v) is 11.7. The Labute approximate surface area is 108 Å². The van der Waals surface area contributed by atoms with Crippen LogP contribution in [0.1, 0.15) is 0 Å². The lowest BCUT2D eigenvalue weighted by Crippen LogP contribution is -1.68.